The van der Waals surface area contributed by atoms with Crippen molar-refractivity contribution in [3.8, 4) is 0 Å². The summed E-state index contributed by atoms with van der Waals surface area (Å²) < 4.78 is 0. The van der Waals surface area contributed by atoms with Crippen LogP contribution in [0.1, 0.15) is 11.4 Å². The van der Waals surface area contributed by atoms with Gasteiger partial charge in [0.15, 0.2) is 0 Å². The van der Waals surface area contributed by atoms with Crippen LogP contribution in [0.2, 0.25) is 0 Å². The molecule has 2 heterocycles. The van der Waals surface area contributed by atoms with E-state index in [1.807, 2.05) is 0 Å². The van der Waals surface area contributed by atoms with E-state index in [1.165, 1.54) is 12.3 Å². The molecule has 2 aromatic heterocycles. The van der Waals surface area contributed by atoms with E-state index in [9.17, 15) is 14.9 Å². The predicted molar refractivity (Wildman–Crippen MR) is 62.2 cm³/mol. The highest BCUT2D eigenvalue weighted by atomic mass is 16.6. The number of aryl methyl sites for hydroxylation is 1. The van der Waals surface area contributed by atoms with Crippen molar-refractivity contribution < 1.29 is 4.92 Å². The van der Waals surface area contributed by atoms with Gasteiger partial charge >= 0.3 is 11.4 Å². The quantitative estimate of drug-likeness (QED) is 0.529. The molecule has 2 rings (SSSR count). The molecular weight excluding hydrogens is 240 g/mol. The highest BCUT2D eigenvalue weighted by Crippen LogP contribution is 2.22. The number of anilines is 1. The number of H-pyrrole nitrogens is 2. The van der Waals surface area contributed by atoms with Gasteiger partial charge in [-0.2, -0.15) is 5.10 Å². The number of nitrogens with one attached hydrogen (secondary N) is 3. The standard InChI is InChI=1S/C9H10N6O3/c1-5-2-6(15(17)18)8(10-3-5)11-4-7-12-9(16)14-13-7/h2-3H,4H2,1H3,(H,10,11)(H2,12,13,14,16). The number of rotatable bonds is 4. The maximum Gasteiger partial charge on any atom is 0.340 e. The first-order valence-corrected chi connectivity index (χ1v) is 5.05. The van der Waals surface area contributed by atoms with E-state index in [0.29, 0.717) is 11.4 Å². The zero-order valence-electron chi connectivity index (χ0n) is 9.43. The first-order chi connectivity index (χ1) is 8.56. The molecule has 0 radical (unpaired) electrons. The molecule has 0 aliphatic rings. The molecule has 9 nitrogen and oxygen atoms in total. The van der Waals surface area contributed by atoms with Crippen LogP contribution in [-0.2, 0) is 6.54 Å². The van der Waals surface area contributed by atoms with Crippen molar-refractivity contribution >= 4 is 11.5 Å². The second-order valence-electron chi connectivity index (χ2n) is 3.62. The fraction of sp³-hybridized carbons (Fsp3) is 0.222. The topological polar surface area (TPSA) is 130 Å². The normalized spacial score (nSPS) is 10.3. The van der Waals surface area contributed by atoms with Gasteiger partial charge in [-0.05, 0) is 12.5 Å². The molecule has 0 unspecified atom stereocenters. The molecule has 0 aliphatic carbocycles. The number of nitro groups is 1. The van der Waals surface area contributed by atoms with Crippen LogP contribution in [0.25, 0.3) is 0 Å². The third kappa shape index (κ3) is 2.51. The maximum absolute atomic E-state index is 10.8. The van der Waals surface area contributed by atoms with Crippen LogP contribution in [0.3, 0.4) is 0 Å². The van der Waals surface area contributed by atoms with Crippen LogP contribution in [0.5, 0.6) is 0 Å². The smallest absolute Gasteiger partial charge is 0.340 e. The van der Waals surface area contributed by atoms with Crippen LogP contribution in [0, 0.1) is 17.0 Å². The largest absolute Gasteiger partial charge is 0.357 e. The Kier molecular flexibility index (Phi) is 3.04. The molecule has 0 saturated heterocycles. The van der Waals surface area contributed by atoms with E-state index in [0.717, 1.165) is 0 Å². The van der Waals surface area contributed by atoms with Crippen molar-refractivity contribution in [2.75, 3.05) is 5.32 Å². The molecule has 0 saturated carbocycles. The molecule has 2 aromatic rings. The summed E-state index contributed by atoms with van der Waals surface area (Å²) in [5.74, 6) is 0.478. The van der Waals surface area contributed by atoms with Crippen LogP contribution in [0.15, 0.2) is 17.1 Å². The third-order valence-corrected chi connectivity index (χ3v) is 2.17. The fourth-order valence-electron chi connectivity index (χ4n) is 1.39. The van der Waals surface area contributed by atoms with Crippen LogP contribution < -0.4 is 11.0 Å². The molecule has 0 amide bonds. The van der Waals surface area contributed by atoms with Gasteiger partial charge in [-0.25, -0.2) is 14.9 Å². The summed E-state index contributed by atoms with van der Waals surface area (Å²) in [5.41, 5.74) is 0.145. The molecule has 9 heteroatoms. The Labute approximate surface area is 100 Å². The highest BCUT2D eigenvalue weighted by molar-refractivity contribution is 5.56. The summed E-state index contributed by atoms with van der Waals surface area (Å²) in [6, 6.07) is 1.42. The first kappa shape index (κ1) is 11.8. The van der Waals surface area contributed by atoms with Gasteiger partial charge in [0, 0.05) is 12.3 Å². The molecule has 0 aromatic carbocycles. The minimum absolute atomic E-state index is 0.118. The maximum atomic E-state index is 10.8. The predicted octanol–water partition coefficient (Wildman–Crippen LogP) is 0.322. The van der Waals surface area contributed by atoms with Crippen molar-refractivity contribution in [1.82, 2.24) is 20.2 Å². The summed E-state index contributed by atoms with van der Waals surface area (Å²) in [4.78, 5) is 27.5. The van der Waals surface area contributed by atoms with E-state index in [2.05, 4.69) is 25.5 Å². The molecule has 0 fully saturated rings. The number of aromatic amines is 2. The Balaban J connectivity index is 2.18. The average molecular weight is 250 g/mol. The zero-order valence-corrected chi connectivity index (χ0v) is 9.43. The first-order valence-electron chi connectivity index (χ1n) is 5.05. The summed E-state index contributed by atoms with van der Waals surface area (Å²) in [6.45, 7) is 1.85. The Hall–Kier alpha value is -2.71. The van der Waals surface area contributed by atoms with Gasteiger partial charge in [-0.1, -0.05) is 0 Å². The molecule has 0 spiro atoms. The van der Waals surface area contributed by atoms with Crippen molar-refractivity contribution in [1.29, 1.82) is 0 Å². The second-order valence-corrected chi connectivity index (χ2v) is 3.62. The molecule has 0 aliphatic heterocycles. The van der Waals surface area contributed by atoms with Gasteiger partial charge in [0.2, 0.25) is 5.82 Å². The monoisotopic (exact) mass is 250 g/mol. The highest BCUT2D eigenvalue weighted by Gasteiger charge is 2.15. The van der Waals surface area contributed by atoms with E-state index >= 15 is 0 Å². The molecular formula is C9H10N6O3. The van der Waals surface area contributed by atoms with E-state index in [4.69, 9.17) is 0 Å². The SMILES string of the molecule is Cc1cnc(NCc2n[nH]c(=O)[nH]2)c([N+](=O)[O-])c1. The van der Waals surface area contributed by atoms with Gasteiger partial charge in [-0.15, -0.1) is 0 Å². The lowest BCUT2D eigenvalue weighted by Crippen LogP contribution is -2.07. The Bertz CT molecular complexity index is 631. The van der Waals surface area contributed by atoms with Gasteiger partial charge in [0.05, 0.1) is 11.5 Å². The Morgan fingerprint density at radius 1 is 1.56 bits per heavy atom. The van der Waals surface area contributed by atoms with E-state index < -0.39 is 10.6 Å². The third-order valence-electron chi connectivity index (χ3n) is 2.17. The van der Waals surface area contributed by atoms with E-state index in [1.54, 1.807) is 6.92 Å². The van der Waals surface area contributed by atoms with Crippen molar-refractivity contribution in [2.24, 2.45) is 0 Å². The molecule has 3 N–H and O–H groups in total. The number of hydrogen-bond acceptors (Lipinski definition) is 6. The molecule has 18 heavy (non-hydrogen) atoms. The van der Waals surface area contributed by atoms with Crippen molar-refractivity contribution in [3.05, 3.63) is 44.2 Å². The Morgan fingerprint density at radius 3 is 2.94 bits per heavy atom. The number of hydrogen-bond donors (Lipinski definition) is 3. The summed E-state index contributed by atoms with van der Waals surface area (Å²) in [5, 5.41) is 19.4. The minimum Gasteiger partial charge on any atom is -0.357 e. The van der Waals surface area contributed by atoms with Gasteiger partial charge in [0.25, 0.3) is 0 Å². The lowest BCUT2D eigenvalue weighted by molar-refractivity contribution is -0.384. The lowest BCUT2D eigenvalue weighted by atomic mass is 10.3. The average Bonchev–Trinajstić information content (AvgIpc) is 2.73. The zero-order chi connectivity index (χ0) is 13.1. The summed E-state index contributed by atoms with van der Waals surface area (Å²) in [7, 11) is 0. The van der Waals surface area contributed by atoms with Crippen LogP contribution in [0.4, 0.5) is 11.5 Å². The van der Waals surface area contributed by atoms with Crippen LogP contribution >= 0.6 is 0 Å². The number of nitrogens with zero attached hydrogens (tertiary/aromatic N) is 3. The lowest BCUT2D eigenvalue weighted by Gasteiger charge is -2.04. The number of pyridine rings is 1. The van der Waals surface area contributed by atoms with E-state index in [-0.39, 0.29) is 18.1 Å². The van der Waals surface area contributed by atoms with Gasteiger partial charge < -0.3 is 5.32 Å². The minimum atomic E-state index is -0.518. The molecule has 0 atom stereocenters. The summed E-state index contributed by atoms with van der Waals surface area (Å²) in [6.07, 6.45) is 1.52. The fourth-order valence-corrected chi connectivity index (χ4v) is 1.39. The Morgan fingerprint density at radius 2 is 2.33 bits per heavy atom. The summed E-state index contributed by atoms with van der Waals surface area (Å²) >= 11 is 0. The van der Waals surface area contributed by atoms with Gasteiger partial charge in [0.1, 0.15) is 5.82 Å². The molecule has 94 valence electrons. The number of aromatic nitrogens is 4. The van der Waals surface area contributed by atoms with Gasteiger partial charge in [-0.3, -0.25) is 15.1 Å². The molecule has 0 bridgehead atoms. The van der Waals surface area contributed by atoms with Crippen molar-refractivity contribution in [3.63, 3.8) is 0 Å². The second kappa shape index (κ2) is 4.65. The van der Waals surface area contributed by atoms with Crippen LogP contribution in [-0.4, -0.2) is 25.1 Å². The van der Waals surface area contributed by atoms with Crippen molar-refractivity contribution in [2.45, 2.75) is 13.5 Å².